The average Bonchev–Trinajstić information content (AvgIpc) is 2.26. The van der Waals surface area contributed by atoms with Crippen molar-refractivity contribution in [3.63, 3.8) is 0 Å². The summed E-state index contributed by atoms with van der Waals surface area (Å²) in [7, 11) is 0. The fourth-order valence-corrected chi connectivity index (χ4v) is 1.35. The van der Waals surface area contributed by atoms with Crippen LogP contribution in [0.4, 0.5) is 0 Å². The molecule has 0 amide bonds. The standard InChI is InChI=1S/C13H22O3/c1-4-6-7-8-12(14)10-9-11(3)13(15)16-5-2/h4,11H,1,5-10H2,2-3H3. The van der Waals surface area contributed by atoms with Crippen LogP contribution in [0.1, 0.15) is 46.0 Å². The third-order valence-electron chi connectivity index (χ3n) is 2.41. The SMILES string of the molecule is C=CCCCC(=O)CCC(C)C(=O)OCC. The third kappa shape index (κ3) is 7.21. The van der Waals surface area contributed by atoms with Crippen LogP contribution in [0, 0.1) is 5.92 Å². The number of rotatable bonds is 9. The Morgan fingerprint density at radius 1 is 1.38 bits per heavy atom. The van der Waals surface area contributed by atoms with Gasteiger partial charge >= 0.3 is 5.97 Å². The minimum atomic E-state index is -0.207. The second-order valence-electron chi connectivity index (χ2n) is 3.91. The van der Waals surface area contributed by atoms with Gasteiger partial charge in [-0.3, -0.25) is 9.59 Å². The van der Waals surface area contributed by atoms with Crippen molar-refractivity contribution in [1.29, 1.82) is 0 Å². The van der Waals surface area contributed by atoms with Gasteiger partial charge in [0.15, 0.2) is 0 Å². The summed E-state index contributed by atoms with van der Waals surface area (Å²) in [6.45, 7) is 7.59. The molecule has 0 radical (unpaired) electrons. The number of esters is 1. The number of hydrogen-bond donors (Lipinski definition) is 0. The largest absolute Gasteiger partial charge is 0.466 e. The Morgan fingerprint density at radius 2 is 2.06 bits per heavy atom. The topological polar surface area (TPSA) is 43.4 Å². The summed E-state index contributed by atoms with van der Waals surface area (Å²) in [5, 5.41) is 0. The number of carbonyl (C=O) groups excluding carboxylic acids is 2. The van der Waals surface area contributed by atoms with Gasteiger partial charge in [0.25, 0.3) is 0 Å². The van der Waals surface area contributed by atoms with Crippen molar-refractivity contribution in [1.82, 2.24) is 0 Å². The van der Waals surface area contributed by atoms with Crippen LogP contribution in [0.3, 0.4) is 0 Å². The van der Waals surface area contributed by atoms with Gasteiger partial charge in [-0.2, -0.15) is 0 Å². The molecule has 1 unspecified atom stereocenters. The van der Waals surface area contributed by atoms with Crippen LogP contribution in [0.2, 0.25) is 0 Å². The lowest BCUT2D eigenvalue weighted by Crippen LogP contribution is -2.15. The smallest absolute Gasteiger partial charge is 0.308 e. The Labute approximate surface area is 97.9 Å². The highest BCUT2D eigenvalue weighted by molar-refractivity contribution is 5.79. The van der Waals surface area contributed by atoms with Gasteiger partial charge in [0.2, 0.25) is 0 Å². The predicted octanol–water partition coefficient (Wildman–Crippen LogP) is 2.89. The lowest BCUT2D eigenvalue weighted by molar-refractivity contribution is -0.147. The van der Waals surface area contributed by atoms with Crippen LogP contribution < -0.4 is 0 Å². The number of Topliss-reactive ketones (excluding diaryl/α,β-unsaturated/α-hetero) is 1. The molecule has 0 aliphatic rings. The summed E-state index contributed by atoms with van der Waals surface area (Å²) in [5.74, 6) is -0.164. The van der Waals surface area contributed by atoms with Gasteiger partial charge in [-0.15, -0.1) is 6.58 Å². The predicted molar refractivity (Wildman–Crippen MR) is 64.1 cm³/mol. The molecular weight excluding hydrogens is 204 g/mol. The van der Waals surface area contributed by atoms with E-state index < -0.39 is 0 Å². The summed E-state index contributed by atoms with van der Waals surface area (Å²) in [6.07, 6.45) is 5.19. The zero-order valence-corrected chi connectivity index (χ0v) is 10.3. The fourth-order valence-electron chi connectivity index (χ4n) is 1.35. The van der Waals surface area contributed by atoms with Gasteiger partial charge in [-0.1, -0.05) is 13.0 Å². The van der Waals surface area contributed by atoms with E-state index in [-0.39, 0.29) is 17.7 Å². The molecule has 0 aromatic carbocycles. The van der Waals surface area contributed by atoms with Gasteiger partial charge in [-0.05, 0) is 26.2 Å². The van der Waals surface area contributed by atoms with E-state index in [1.54, 1.807) is 13.8 Å². The lowest BCUT2D eigenvalue weighted by atomic mass is 10.0. The summed E-state index contributed by atoms with van der Waals surface area (Å²) in [5.41, 5.74) is 0. The Balaban J connectivity index is 3.65. The molecule has 0 heterocycles. The minimum absolute atomic E-state index is 0.177. The van der Waals surface area contributed by atoms with Crippen LogP contribution in [-0.2, 0) is 14.3 Å². The second kappa shape index (κ2) is 9.13. The molecule has 0 fully saturated rings. The lowest BCUT2D eigenvalue weighted by Gasteiger charge is -2.09. The molecule has 16 heavy (non-hydrogen) atoms. The normalized spacial score (nSPS) is 11.9. The third-order valence-corrected chi connectivity index (χ3v) is 2.41. The van der Waals surface area contributed by atoms with Crippen molar-refractivity contribution < 1.29 is 14.3 Å². The number of ether oxygens (including phenoxy) is 1. The first kappa shape index (κ1) is 14.9. The van der Waals surface area contributed by atoms with Crippen LogP contribution >= 0.6 is 0 Å². The minimum Gasteiger partial charge on any atom is -0.466 e. The molecule has 0 saturated carbocycles. The molecule has 0 aromatic rings. The molecular formula is C13H22O3. The monoisotopic (exact) mass is 226 g/mol. The Morgan fingerprint density at radius 3 is 2.62 bits per heavy atom. The van der Waals surface area contributed by atoms with Crippen molar-refractivity contribution in [2.24, 2.45) is 5.92 Å². The van der Waals surface area contributed by atoms with Gasteiger partial charge < -0.3 is 4.74 Å². The Bertz CT molecular complexity index is 233. The van der Waals surface area contributed by atoms with Crippen molar-refractivity contribution in [2.75, 3.05) is 6.61 Å². The summed E-state index contributed by atoms with van der Waals surface area (Å²) in [4.78, 5) is 22.7. The van der Waals surface area contributed by atoms with Crippen molar-refractivity contribution in [3.05, 3.63) is 12.7 Å². The van der Waals surface area contributed by atoms with E-state index in [1.165, 1.54) is 0 Å². The van der Waals surface area contributed by atoms with Crippen LogP contribution in [0.5, 0.6) is 0 Å². The van der Waals surface area contributed by atoms with Crippen LogP contribution in [-0.4, -0.2) is 18.4 Å². The first-order chi connectivity index (χ1) is 7.61. The van der Waals surface area contributed by atoms with Crippen LogP contribution in [0.25, 0.3) is 0 Å². The number of ketones is 1. The maximum atomic E-state index is 11.4. The molecule has 0 aliphatic carbocycles. The molecule has 92 valence electrons. The van der Waals surface area contributed by atoms with E-state index in [4.69, 9.17) is 4.74 Å². The first-order valence-corrected chi connectivity index (χ1v) is 5.91. The molecule has 0 rings (SSSR count). The Kier molecular flexibility index (Phi) is 8.49. The van der Waals surface area contributed by atoms with Crippen molar-refractivity contribution >= 4 is 11.8 Å². The highest BCUT2D eigenvalue weighted by Crippen LogP contribution is 2.10. The number of unbranched alkanes of at least 4 members (excludes halogenated alkanes) is 1. The Hall–Kier alpha value is -1.12. The molecule has 0 spiro atoms. The number of carbonyl (C=O) groups is 2. The number of hydrogen-bond acceptors (Lipinski definition) is 3. The summed E-state index contributed by atoms with van der Waals surface area (Å²) < 4.78 is 4.87. The van der Waals surface area contributed by atoms with Gasteiger partial charge in [0, 0.05) is 12.8 Å². The first-order valence-electron chi connectivity index (χ1n) is 5.91. The quantitative estimate of drug-likeness (QED) is 0.345. The zero-order chi connectivity index (χ0) is 12.4. The van der Waals surface area contributed by atoms with E-state index >= 15 is 0 Å². The molecule has 1 atom stereocenters. The highest BCUT2D eigenvalue weighted by Gasteiger charge is 2.15. The fraction of sp³-hybridized carbons (Fsp3) is 0.692. The van der Waals surface area contributed by atoms with Gasteiger partial charge in [-0.25, -0.2) is 0 Å². The molecule has 3 nitrogen and oxygen atoms in total. The number of allylic oxidation sites excluding steroid dienone is 1. The van der Waals surface area contributed by atoms with Crippen molar-refractivity contribution in [2.45, 2.75) is 46.0 Å². The van der Waals surface area contributed by atoms with Crippen molar-refractivity contribution in [3.8, 4) is 0 Å². The van der Waals surface area contributed by atoms with Gasteiger partial charge in [0.1, 0.15) is 5.78 Å². The van der Waals surface area contributed by atoms with E-state index in [2.05, 4.69) is 6.58 Å². The molecule has 3 heteroatoms. The molecule has 0 saturated heterocycles. The second-order valence-corrected chi connectivity index (χ2v) is 3.91. The van der Waals surface area contributed by atoms with E-state index in [0.29, 0.717) is 25.9 Å². The van der Waals surface area contributed by atoms with Gasteiger partial charge in [0.05, 0.1) is 12.5 Å². The average molecular weight is 226 g/mol. The molecule has 0 N–H and O–H groups in total. The maximum Gasteiger partial charge on any atom is 0.308 e. The van der Waals surface area contributed by atoms with Crippen LogP contribution in [0.15, 0.2) is 12.7 Å². The van der Waals surface area contributed by atoms with E-state index in [9.17, 15) is 9.59 Å². The molecule has 0 bridgehead atoms. The molecule has 0 aliphatic heterocycles. The summed E-state index contributed by atoms with van der Waals surface area (Å²) in [6, 6.07) is 0. The maximum absolute atomic E-state index is 11.4. The van der Waals surface area contributed by atoms with E-state index in [1.807, 2.05) is 6.08 Å². The zero-order valence-electron chi connectivity index (χ0n) is 10.3. The summed E-state index contributed by atoms with van der Waals surface area (Å²) >= 11 is 0. The highest BCUT2D eigenvalue weighted by atomic mass is 16.5. The molecule has 0 aromatic heterocycles. The van der Waals surface area contributed by atoms with E-state index in [0.717, 1.165) is 12.8 Å².